The van der Waals surface area contributed by atoms with Crippen LogP contribution in [0.5, 0.6) is 0 Å². The Morgan fingerprint density at radius 3 is 2.77 bits per heavy atom. The summed E-state index contributed by atoms with van der Waals surface area (Å²) >= 11 is 0. The summed E-state index contributed by atoms with van der Waals surface area (Å²) < 4.78 is 5.25. The van der Waals surface area contributed by atoms with Crippen molar-refractivity contribution < 1.29 is 4.74 Å². The molecular weight excluding hydrogens is 162 g/mol. The first-order valence-corrected chi connectivity index (χ1v) is 5.72. The van der Waals surface area contributed by atoms with E-state index in [0.29, 0.717) is 0 Å². The van der Waals surface area contributed by atoms with Gasteiger partial charge in [0.05, 0.1) is 0 Å². The molecule has 2 nitrogen and oxygen atoms in total. The average Bonchev–Trinajstić information content (AvgIpc) is 2.07. The molecule has 1 aliphatic carbocycles. The molecule has 0 bridgehead atoms. The monoisotopic (exact) mass is 185 g/mol. The van der Waals surface area contributed by atoms with Crippen molar-refractivity contribution in [3.63, 3.8) is 0 Å². The Kier molecular flexibility index (Phi) is 6.21. The molecule has 0 atom stereocenters. The third-order valence-electron chi connectivity index (χ3n) is 2.80. The summed E-state index contributed by atoms with van der Waals surface area (Å²) in [6.07, 6.45) is 6.95. The Bertz CT molecular complexity index is 113. The number of hydrogen-bond donors (Lipinski definition) is 1. The highest BCUT2D eigenvalue weighted by Gasteiger charge is 2.15. The van der Waals surface area contributed by atoms with Gasteiger partial charge in [-0.2, -0.15) is 0 Å². The smallest absolute Gasteiger partial charge is 0.0477 e. The number of hydrogen-bond acceptors (Lipinski definition) is 2. The third-order valence-corrected chi connectivity index (χ3v) is 2.80. The molecule has 78 valence electrons. The zero-order valence-corrected chi connectivity index (χ0v) is 8.85. The second-order valence-corrected chi connectivity index (χ2v) is 3.89. The van der Waals surface area contributed by atoms with Crippen molar-refractivity contribution >= 4 is 0 Å². The summed E-state index contributed by atoms with van der Waals surface area (Å²) in [5.41, 5.74) is 0. The van der Waals surface area contributed by atoms with Crippen molar-refractivity contribution in [3.8, 4) is 0 Å². The molecule has 1 rings (SSSR count). The quantitative estimate of drug-likeness (QED) is 0.585. The van der Waals surface area contributed by atoms with Gasteiger partial charge in [0, 0.05) is 13.2 Å². The van der Waals surface area contributed by atoms with E-state index in [1.807, 2.05) is 6.92 Å². The molecule has 0 aromatic rings. The molecule has 13 heavy (non-hydrogen) atoms. The summed E-state index contributed by atoms with van der Waals surface area (Å²) in [5.74, 6) is 1.04. The van der Waals surface area contributed by atoms with Gasteiger partial charge in [-0.25, -0.2) is 0 Å². The van der Waals surface area contributed by atoms with Crippen LogP contribution < -0.4 is 5.32 Å². The molecule has 1 saturated carbocycles. The predicted molar refractivity (Wildman–Crippen MR) is 55.9 cm³/mol. The Balaban J connectivity index is 1.68. The topological polar surface area (TPSA) is 21.3 Å². The van der Waals surface area contributed by atoms with E-state index in [0.717, 1.165) is 32.1 Å². The fourth-order valence-corrected chi connectivity index (χ4v) is 1.66. The minimum absolute atomic E-state index is 0.849. The molecule has 0 amide bonds. The van der Waals surface area contributed by atoms with Gasteiger partial charge in [-0.15, -0.1) is 0 Å². The van der Waals surface area contributed by atoms with E-state index in [4.69, 9.17) is 4.74 Å². The predicted octanol–water partition coefficient (Wildman–Crippen LogP) is 2.19. The average molecular weight is 185 g/mol. The summed E-state index contributed by atoms with van der Waals surface area (Å²) in [6.45, 7) is 6.13. The Labute approximate surface area is 82.0 Å². The van der Waals surface area contributed by atoms with Gasteiger partial charge in [0.2, 0.25) is 0 Å². The molecule has 1 aliphatic rings. The van der Waals surface area contributed by atoms with Gasteiger partial charge in [-0.1, -0.05) is 19.3 Å². The molecule has 0 aliphatic heterocycles. The Morgan fingerprint density at radius 1 is 1.31 bits per heavy atom. The largest absolute Gasteiger partial charge is 0.382 e. The van der Waals surface area contributed by atoms with Crippen LogP contribution in [0.2, 0.25) is 0 Å². The molecule has 0 spiro atoms. The minimum atomic E-state index is 0.849. The molecule has 0 saturated heterocycles. The van der Waals surface area contributed by atoms with Gasteiger partial charge in [0.15, 0.2) is 0 Å². The Morgan fingerprint density at radius 2 is 2.15 bits per heavy atom. The van der Waals surface area contributed by atoms with Crippen LogP contribution in [-0.2, 0) is 4.74 Å². The van der Waals surface area contributed by atoms with Gasteiger partial charge < -0.3 is 10.1 Å². The van der Waals surface area contributed by atoms with Crippen molar-refractivity contribution in [3.05, 3.63) is 0 Å². The maximum absolute atomic E-state index is 5.25. The fraction of sp³-hybridized carbons (Fsp3) is 1.00. The van der Waals surface area contributed by atoms with Crippen molar-refractivity contribution in [2.45, 2.75) is 39.0 Å². The van der Waals surface area contributed by atoms with Gasteiger partial charge in [0.25, 0.3) is 0 Å². The van der Waals surface area contributed by atoms with Crippen LogP contribution in [-0.4, -0.2) is 26.3 Å². The maximum Gasteiger partial charge on any atom is 0.0477 e. The van der Waals surface area contributed by atoms with Crippen LogP contribution in [0.3, 0.4) is 0 Å². The van der Waals surface area contributed by atoms with E-state index in [1.165, 1.54) is 32.2 Å². The van der Waals surface area contributed by atoms with E-state index in [1.54, 1.807) is 0 Å². The highest BCUT2D eigenvalue weighted by atomic mass is 16.5. The van der Waals surface area contributed by atoms with Gasteiger partial charge >= 0.3 is 0 Å². The van der Waals surface area contributed by atoms with Gasteiger partial charge in [-0.05, 0) is 38.8 Å². The van der Waals surface area contributed by atoms with E-state index >= 15 is 0 Å². The normalized spacial score (nSPS) is 17.3. The van der Waals surface area contributed by atoms with Gasteiger partial charge in [-0.3, -0.25) is 0 Å². The van der Waals surface area contributed by atoms with Crippen LogP contribution in [0, 0.1) is 5.92 Å². The SMILES string of the molecule is CCOCCCNCCC1CCC1. The molecule has 0 aromatic carbocycles. The summed E-state index contributed by atoms with van der Waals surface area (Å²) in [7, 11) is 0. The molecule has 0 unspecified atom stereocenters. The molecule has 0 heterocycles. The first-order chi connectivity index (χ1) is 6.43. The number of nitrogens with one attached hydrogen (secondary N) is 1. The zero-order valence-electron chi connectivity index (χ0n) is 8.85. The molecule has 0 radical (unpaired) electrons. The van der Waals surface area contributed by atoms with Crippen LogP contribution >= 0.6 is 0 Å². The lowest BCUT2D eigenvalue weighted by molar-refractivity contribution is 0.144. The first kappa shape index (κ1) is 11.0. The highest BCUT2D eigenvalue weighted by molar-refractivity contribution is 4.70. The van der Waals surface area contributed by atoms with E-state index < -0.39 is 0 Å². The number of rotatable bonds is 8. The molecule has 1 N–H and O–H groups in total. The van der Waals surface area contributed by atoms with Crippen molar-refractivity contribution in [2.75, 3.05) is 26.3 Å². The van der Waals surface area contributed by atoms with E-state index in [9.17, 15) is 0 Å². The lowest BCUT2D eigenvalue weighted by Gasteiger charge is -2.25. The summed E-state index contributed by atoms with van der Waals surface area (Å²) in [6, 6.07) is 0. The van der Waals surface area contributed by atoms with Crippen LogP contribution in [0.15, 0.2) is 0 Å². The summed E-state index contributed by atoms with van der Waals surface area (Å²) in [5, 5.41) is 3.46. The third kappa shape index (κ3) is 5.27. The van der Waals surface area contributed by atoms with Crippen molar-refractivity contribution in [1.82, 2.24) is 5.32 Å². The van der Waals surface area contributed by atoms with E-state index in [-0.39, 0.29) is 0 Å². The molecule has 1 fully saturated rings. The first-order valence-electron chi connectivity index (χ1n) is 5.72. The second kappa shape index (κ2) is 7.34. The van der Waals surface area contributed by atoms with Crippen LogP contribution in [0.4, 0.5) is 0 Å². The summed E-state index contributed by atoms with van der Waals surface area (Å²) in [4.78, 5) is 0. The van der Waals surface area contributed by atoms with E-state index in [2.05, 4.69) is 5.32 Å². The maximum atomic E-state index is 5.25. The zero-order chi connectivity index (χ0) is 9.36. The minimum Gasteiger partial charge on any atom is -0.382 e. The van der Waals surface area contributed by atoms with Crippen LogP contribution in [0.1, 0.15) is 39.0 Å². The molecule has 0 aromatic heterocycles. The number of ether oxygens (including phenoxy) is 1. The van der Waals surface area contributed by atoms with Crippen molar-refractivity contribution in [2.24, 2.45) is 5.92 Å². The molecular formula is C11H23NO. The highest BCUT2D eigenvalue weighted by Crippen LogP contribution is 2.28. The standard InChI is InChI=1S/C11H23NO/c1-2-13-10-4-8-12-9-7-11-5-3-6-11/h11-12H,2-10H2,1H3. The molecule has 2 heteroatoms. The lowest BCUT2D eigenvalue weighted by atomic mass is 9.83. The van der Waals surface area contributed by atoms with Crippen LogP contribution in [0.25, 0.3) is 0 Å². The lowest BCUT2D eigenvalue weighted by Crippen LogP contribution is -2.22. The van der Waals surface area contributed by atoms with Crippen molar-refractivity contribution in [1.29, 1.82) is 0 Å². The second-order valence-electron chi connectivity index (χ2n) is 3.89. The van der Waals surface area contributed by atoms with Gasteiger partial charge in [0.1, 0.15) is 0 Å². The fourth-order valence-electron chi connectivity index (χ4n) is 1.66. The Hall–Kier alpha value is -0.0800.